The van der Waals surface area contributed by atoms with Gasteiger partial charge in [0, 0.05) is 20.8 Å². The van der Waals surface area contributed by atoms with Crippen molar-refractivity contribution in [1.29, 1.82) is 0 Å². The van der Waals surface area contributed by atoms with Gasteiger partial charge in [-0.05, 0) is 29.8 Å². The number of ketones is 2. The van der Waals surface area contributed by atoms with E-state index in [0.29, 0.717) is 10.8 Å². The highest BCUT2D eigenvalue weighted by molar-refractivity contribution is 6.70. The Hall–Kier alpha value is -2.36. The summed E-state index contributed by atoms with van der Waals surface area (Å²) in [6, 6.07) is 9.79. The average molecular weight is 359 g/mol. The number of aliphatic hydroxyl groups is 1. The van der Waals surface area contributed by atoms with Crippen molar-refractivity contribution in [2.45, 2.75) is 6.92 Å². The molecule has 24 heavy (non-hydrogen) atoms. The number of Topliss-reactive ketones (excluding diaryl/α,β-unsaturated/α-hetero) is 2. The van der Waals surface area contributed by atoms with Crippen molar-refractivity contribution < 1.29 is 14.7 Å². The zero-order chi connectivity index (χ0) is 17.6. The minimum absolute atomic E-state index is 0.102. The lowest BCUT2D eigenvalue weighted by molar-refractivity contribution is -0.129. The summed E-state index contributed by atoms with van der Waals surface area (Å²) < 4.78 is 0. The second-order valence-corrected chi connectivity index (χ2v) is 6.37. The van der Waals surface area contributed by atoms with Crippen molar-refractivity contribution in [3.63, 3.8) is 0 Å². The van der Waals surface area contributed by atoms with Crippen molar-refractivity contribution in [2.75, 3.05) is 0 Å². The summed E-state index contributed by atoms with van der Waals surface area (Å²) in [5, 5.41) is 12.0. The molecule has 0 atom stereocenters. The van der Waals surface area contributed by atoms with Gasteiger partial charge in [0.15, 0.2) is 0 Å². The number of carbonyl (C=O) groups is 2. The Morgan fingerprint density at radius 1 is 0.917 bits per heavy atom. The topological polar surface area (TPSA) is 54.4 Å². The molecule has 0 fully saturated rings. The van der Waals surface area contributed by atoms with Gasteiger partial charge in [0.05, 0.1) is 11.1 Å². The molecule has 0 unspecified atom stereocenters. The summed E-state index contributed by atoms with van der Waals surface area (Å²) in [6.45, 7) is 5.60. The zero-order valence-electron chi connectivity index (χ0n) is 12.7. The van der Waals surface area contributed by atoms with Crippen molar-refractivity contribution in [3.05, 3.63) is 73.8 Å². The van der Waals surface area contributed by atoms with Crippen molar-refractivity contribution in [1.82, 2.24) is 0 Å². The molecule has 0 aromatic heterocycles. The van der Waals surface area contributed by atoms with Crippen LogP contribution in [0.4, 0.5) is 0 Å². The van der Waals surface area contributed by atoms with E-state index in [4.69, 9.17) is 23.2 Å². The van der Waals surface area contributed by atoms with Crippen LogP contribution in [0.5, 0.6) is 0 Å². The van der Waals surface area contributed by atoms with Gasteiger partial charge in [-0.3, -0.25) is 9.59 Å². The monoisotopic (exact) mass is 358 g/mol. The predicted molar refractivity (Wildman–Crippen MR) is 95.4 cm³/mol. The number of halogens is 2. The summed E-state index contributed by atoms with van der Waals surface area (Å²) >= 11 is 12.3. The fraction of sp³-hybridized carbons (Fsp3) is 0.0526. The number of carbonyl (C=O) groups excluding carboxylic acids is 2. The number of rotatable bonds is 1. The van der Waals surface area contributed by atoms with Gasteiger partial charge in [0.1, 0.15) is 5.76 Å². The number of hydrogen-bond acceptors (Lipinski definition) is 3. The molecule has 5 heteroatoms. The lowest BCUT2D eigenvalue weighted by atomic mass is 10.0. The highest BCUT2D eigenvalue weighted by Crippen LogP contribution is 2.35. The van der Waals surface area contributed by atoms with Gasteiger partial charge >= 0.3 is 0 Å². The lowest BCUT2D eigenvalue weighted by Gasteiger charge is -2.05. The van der Waals surface area contributed by atoms with Gasteiger partial charge in [-0.25, -0.2) is 0 Å². The maximum absolute atomic E-state index is 12.4. The fourth-order valence-corrected chi connectivity index (χ4v) is 3.28. The normalized spacial score (nSPS) is 17.0. The molecule has 120 valence electrons. The standard InChI is InChI=1S/C19H12Cl2O3/c1-9-3-5-11(13(20)7-9)15-17(22)16(19(24)18(15)23)12-6-4-10(2)8-14(12)21/h3-8,22H,1H2,2H3/b15-11-. The Balaban J connectivity index is 2.36. The van der Waals surface area contributed by atoms with Gasteiger partial charge in [0.2, 0.25) is 11.6 Å². The van der Waals surface area contributed by atoms with Gasteiger partial charge in [-0.15, -0.1) is 0 Å². The zero-order valence-corrected chi connectivity index (χ0v) is 14.2. The number of aliphatic hydroxyl groups excluding tert-OH is 1. The van der Waals surface area contributed by atoms with E-state index in [1.165, 1.54) is 0 Å². The molecule has 3 nitrogen and oxygen atoms in total. The molecule has 2 aromatic rings. The summed E-state index contributed by atoms with van der Waals surface area (Å²) in [7, 11) is 0. The molecule has 0 heterocycles. The van der Waals surface area contributed by atoms with Crippen LogP contribution in [0.25, 0.3) is 17.7 Å². The van der Waals surface area contributed by atoms with Crippen molar-refractivity contribution >= 4 is 52.5 Å². The Labute approximate surface area is 148 Å². The Morgan fingerprint density at radius 2 is 1.58 bits per heavy atom. The molecule has 2 aromatic carbocycles. The molecule has 0 saturated heterocycles. The van der Waals surface area contributed by atoms with E-state index in [-0.39, 0.29) is 26.4 Å². The molecule has 0 radical (unpaired) electrons. The first-order valence-electron chi connectivity index (χ1n) is 7.09. The van der Waals surface area contributed by atoms with E-state index in [9.17, 15) is 14.7 Å². The number of allylic oxidation sites excluding steroid dienone is 2. The van der Waals surface area contributed by atoms with Crippen LogP contribution >= 0.6 is 23.2 Å². The van der Waals surface area contributed by atoms with Crippen LogP contribution in [0.1, 0.15) is 11.1 Å². The van der Waals surface area contributed by atoms with E-state index < -0.39 is 17.3 Å². The van der Waals surface area contributed by atoms with E-state index in [1.54, 1.807) is 36.4 Å². The van der Waals surface area contributed by atoms with Crippen molar-refractivity contribution in [2.24, 2.45) is 0 Å². The maximum Gasteiger partial charge on any atom is 0.238 e. The van der Waals surface area contributed by atoms with E-state index in [2.05, 4.69) is 6.58 Å². The summed E-state index contributed by atoms with van der Waals surface area (Å²) in [4.78, 5) is 24.8. The molecular weight excluding hydrogens is 347 g/mol. The third-order valence-corrected chi connectivity index (χ3v) is 4.46. The van der Waals surface area contributed by atoms with Gasteiger partial charge < -0.3 is 5.11 Å². The van der Waals surface area contributed by atoms with Crippen LogP contribution < -0.4 is 10.4 Å². The molecule has 0 bridgehead atoms. The molecule has 1 aliphatic carbocycles. The third-order valence-electron chi connectivity index (χ3n) is 3.83. The quantitative estimate of drug-likeness (QED) is 0.797. The van der Waals surface area contributed by atoms with Crippen LogP contribution in [0.3, 0.4) is 0 Å². The van der Waals surface area contributed by atoms with Gasteiger partial charge in [0.25, 0.3) is 0 Å². The molecule has 1 aliphatic rings. The predicted octanol–water partition coefficient (Wildman–Crippen LogP) is 2.98. The molecule has 0 aliphatic heterocycles. The van der Waals surface area contributed by atoms with Crippen molar-refractivity contribution in [3.8, 4) is 0 Å². The fourth-order valence-electron chi connectivity index (χ4n) is 2.65. The van der Waals surface area contributed by atoms with Gasteiger partial charge in [-0.2, -0.15) is 0 Å². The van der Waals surface area contributed by atoms with Crippen LogP contribution in [0.15, 0.2) is 42.2 Å². The first-order valence-corrected chi connectivity index (χ1v) is 7.85. The molecular formula is C19H12Cl2O3. The van der Waals surface area contributed by atoms with Crippen LogP contribution in [-0.2, 0) is 9.59 Å². The van der Waals surface area contributed by atoms with Gasteiger partial charge in [-0.1, -0.05) is 54.0 Å². The second-order valence-electron chi connectivity index (χ2n) is 5.55. The third kappa shape index (κ3) is 2.56. The lowest BCUT2D eigenvalue weighted by Crippen LogP contribution is -2.18. The minimum Gasteiger partial charge on any atom is -0.506 e. The Morgan fingerprint density at radius 3 is 2.21 bits per heavy atom. The van der Waals surface area contributed by atoms with E-state index in [1.807, 2.05) is 6.92 Å². The largest absolute Gasteiger partial charge is 0.506 e. The molecule has 3 rings (SSSR count). The van der Waals surface area contributed by atoms with E-state index in [0.717, 1.165) is 5.56 Å². The minimum atomic E-state index is -0.808. The second kappa shape index (κ2) is 5.93. The first-order chi connectivity index (χ1) is 11.3. The molecule has 0 amide bonds. The number of benzene rings is 2. The number of hydrogen-bond donors (Lipinski definition) is 1. The Bertz CT molecular complexity index is 1050. The first kappa shape index (κ1) is 16.5. The van der Waals surface area contributed by atoms with Crippen LogP contribution in [-0.4, -0.2) is 16.7 Å². The maximum atomic E-state index is 12.4. The molecule has 0 spiro atoms. The van der Waals surface area contributed by atoms with Crippen LogP contribution in [0.2, 0.25) is 10.0 Å². The Kier molecular flexibility index (Phi) is 4.08. The molecule has 0 saturated carbocycles. The summed E-state index contributed by atoms with van der Waals surface area (Å²) in [5.41, 5.74) is 1.00. The highest BCUT2D eigenvalue weighted by Gasteiger charge is 2.38. The average Bonchev–Trinajstić information content (AvgIpc) is 2.71. The summed E-state index contributed by atoms with van der Waals surface area (Å²) in [5.74, 6) is -2.02. The number of aryl methyl sites for hydroxylation is 1. The summed E-state index contributed by atoms with van der Waals surface area (Å²) in [6.07, 6.45) is 0. The smallest absolute Gasteiger partial charge is 0.238 e. The van der Waals surface area contributed by atoms with E-state index >= 15 is 0 Å². The highest BCUT2D eigenvalue weighted by atomic mass is 35.5. The van der Waals surface area contributed by atoms with Crippen LogP contribution in [0, 0.1) is 6.92 Å². The molecule has 1 N–H and O–H groups in total. The SMILES string of the molecule is C=c1cc/c(=C2/C(=O)C(=O)C(c3ccc(C)cc3Cl)=C2O)c(Cl)c1.